The van der Waals surface area contributed by atoms with E-state index in [4.69, 9.17) is 16.3 Å². The van der Waals surface area contributed by atoms with Crippen molar-refractivity contribution in [3.05, 3.63) is 94.0 Å². The number of anilines is 1. The van der Waals surface area contributed by atoms with Crippen LogP contribution in [-0.2, 0) is 9.59 Å². The fourth-order valence-electron chi connectivity index (χ4n) is 4.23. The van der Waals surface area contributed by atoms with E-state index in [1.165, 1.54) is 16.2 Å². The second-order valence-corrected chi connectivity index (χ2v) is 9.60. The number of aliphatic hydroxyl groups is 1. The van der Waals surface area contributed by atoms with Gasteiger partial charge in [0.05, 0.1) is 28.4 Å². The summed E-state index contributed by atoms with van der Waals surface area (Å²) < 4.78 is 6.35. The van der Waals surface area contributed by atoms with Gasteiger partial charge < -0.3 is 9.84 Å². The summed E-state index contributed by atoms with van der Waals surface area (Å²) in [6, 6.07) is 18.8. The maximum Gasteiger partial charge on any atom is 0.301 e. The molecule has 0 saturated carbocycles. The van der Waals surface area contributed by atoms with Crippen molar-refractivity contribution in [1.29, 1.82) is 0 Å². The van der Waals surface area contributed by atoms with Crippen molar-refractivity contribution in [3.8, 4) is 5.75 Å². The maximum absolute atomic E-state index is 13.4. The number of thiazole rings is 1. The molecule has 0 aliphatic carbocycles. The molecule has 0 bridgehead atoms. The zero-order valence-corrected chi connectivity index (χ0v) is 20.6. The van der Waals surface area contributed by atoms with E-state index in [2.05, 4.69) is 4.98 Å². The number of hydrogen-bond donors (Lipinski definition) is 1. The first-order valence-corrected chi connectivity index (χ1v) is 12.2. The number of Topliss-reactive ketones (excluding diaryl/α,β-unsaturated/α-hetero) is 1. The Kier molecular flexibility index (Phi) is 6.05. The molecule has 1 amide bonds. The minimum absolute atomic E-state index is 0.00605. The number of benzene rings is 3. The van der Waals surface area contributed by atoms with Crippen molar-refractivity contribution in [2.24, 2.45) is 0 Å². The molecule has 1 saturated heterocycles. The van der Waals surface area contributed by atoms with Crippen LogP contribution < -0.4 is 9.64 Å². The van der Waals surface area contributed by atoms with Crippen LogP contribution in [-0.4, -0.2) is 28.4 Å². The highest BCUT2D eigenvalue weighted by atomic mass is 35.5. The molecule has 8 heteroatoms. The highest BCUT2D eigenvalue weighted by Crippen LogP contribution is 2.44. The highest BCUT2D eigenvalue weighted by molar-refractivity contribution is 7.22. The standard InChI is InChI=1S/C27H21ClN2O4S/c1-3-34-19-9-5-8-17(13-19)24(31)22-23(16-7-4-6-15(2)12-16)30(26(33)25(22)32)27-29-20-11-10-18(28)14-21(20)35-27/h4-14,23,31H,3H2,1-2H3/b24-22+. The SMILES string of the molecule is CCOc1cccc(/C(O)=C2\C(=O)C(=O)N(c3nc4ccc(Cl)cc4s3)C2c2cccc(C)c2)c1. The van der Waals surface area contributed by atoms with E-state index < -0.39 is 17.7 Å². The molecule has 0 radical (unpaired) electrons. The lowest BCUT2D eigenvalue weighted by Crippen LogP contribution is -2.29. The second kappa shape index (κ2) is 9.17. The number of aliphatic hydroxyl groups excluding tert-OH is 1. The quantitative estimate of drug-likeness (QED) is 0.196. The number of hydrogen-bond acceptors (Lipinski definition) is 6. The average Bonchev–Trinajstić information content (AvgIpc) is 3.37. The summed E-state index contributed by atoms with van der Waals surface area (Å²) in [7, 11) is 0. The largest absolute Gasteiger partial charge is 0.507 e. The number of fused-ring (bicyclic) bond motifs is 1. The third-order valence-corrected chi connectivity index (χ3v) is 7.02. The number of ketones is 1. The number of nitrogens with zero attached hydrogens (tertiary/aromatic N) is 2. The molecular weight excluding hydrogens is 484 g/mol. The first-order chi connectivity index (χ1) is 16.9. The number of rotatable bonds is 5. The maximum atomic E-state index is 13.4. The molecule has 176 valence electrons. The first-order valence-electron chi connectivity index (χ1n) is 11.0. The van der Waals surface area contributed by atoms with Gasteiger partial charge in [-0.05, 0) is 49.7 Å². The highest BCUT2D eigenvalue weighted by Gasteiger charge is 2.48. The summed E-state index contributed by atoms with van der Waals surface area (Å²) in [6.07, 6.45) is 0. The molecule has 4 aromatic rings. The Labute approximate surface area is 211 Å². The van der Waals surface area contributed by atoms with Crippen molar-refractivity contribution < 1.29 is 19.4 Å². The molecule has 35 heavy (non-hydrogen) atoms. The monoisotopic (exact) mass is 504 g/mol. The molecule has 1 unspecified atom stereocenters. The summed E-state index contributed by atoms with van der Waals surface area (Å²) in [4.78, 5) is 32.7. The molecular formula is C27H21ClN2O4S. The zero-order chi connectivity index (χ0) is 24.7. The van der Waals surface area contributed by atoms with Gasteiger partial charge >= 0.3 is 5.91 Å². The molecule has 1 fully saturated rings. The molecule has 5 rings (SSSR count). The Balaban J connectivity index is 1.72. The van der Waals surface area contributed by atoms with Crippen molar-refractivity contribution in [2.75, 3.05) is 11.5 Å². The van der Waals surface area contributed by atoms with Crippen molar-refractivity contribution in [3.63, 3.8) is 0 Å². The molecule has 0 spiro atoms. The smallest absolute Gasteiger partial charge is 0.301 e. The van der Waals surface area contributed by atoms with Crippen LogP contribution in [0.2, 0.25) is 5.02 Å². The molecule has 3 aromatic carbocycles. The van der Waals surface area contributed by atoms with E-state index in [0.29, 0.717) is 39.2 Å². The number of halogens is 1. The number of amides is 1. The molecule has 1 N–H and O–H groups in total. The van der Waals surface area contributed by atoms with E-state index in [0.717, 1.165) is 10.3 Å². The summed E-state index contributed by atoms with van der Waals surface area (Å²) >= 11 is 7.41. The van der Waals surface area contributed by atoms with Crippen LogP contribution in [0.3, 0.4) is 0 Å². The Morgan fingerprint density at radius 1 is 1.11 bits per heavy atom. The molecule has 1 aliphatic rings. The predicted molar refractivity (Wildman–Crippen MR) is 138 cm³/mol. The van der Waals surface area contributed by atoms with E-state index in [1.807, 2.05) is 38.1 Å². The first kappa shape index (κ1) is 23.1. The Morgan fingerprint density at radius 3 is 2.69 bits per heavy atom. The van der Waals surface area contributed by atoms with Crippen molar-refractivity contribution >= 4 is 55.7 Å². The lowest BCUT2D eigenvalue weighted by molar-refractivity contribution is -0.132. The van der Waals surface area contributed by atoms with Gasteiger partial charge in [0.1, 0.15) is 11.5 Å². The van der Waals surface area contributed by atoms with Gasteiger partial charge in [-0.1, -0.05) is 64.9 Å². The van der Waals surface area contributed by atoms with Crippen LogP contribution in [0, 0.1) is 6.92 Å². The van der Waals surface area contributed by atoms with Crippen LogP contribution in [0.5, 0.6) is 5.75 Å². The third kappa shape index (κ3) is 4.17. The Morgan fingerprint density at radius 2 is 1.91 bits per heavy atom. The molecule has 6 nitrogen and oxygen atoms in total. The molecule has 1 aromatic heterocycles. The minimum Gasteiger partial charge on any atom is -0.507 e. The van der Waals surface area contributed by atoms with Crippen LogP contribution in [0.1, 0.15) is 29.7 Å². The topological polar surface area (TPSA) is 79.7 Å². The van der Waals surface area contributed by atoms with Gasteiger partial charge in [0, 0.05) is 10.6 Å². The Hall–Kier alpha value is -3.68. The fraction of sp³-hybridized carbons (Fsp3) is 0.148. The number of aryl methyl sites for hydroxylation is 1. The van der Waals surface area contributed by atoms with E-state index >= 15 is 0 Å². The van der Waals surface area contributed by atoms with Gasteiger partial charge in [-0.2, -0.15) is 0 Å². The van der Waals surface area contributed by atoms with E-state index in [-0.39, 0.29) is 11.3 Å². The zero-order valence-electron chi connectivity index (χ0n) is 19.0. The summed E-state index contributed by atoms with van der Waals surface area (Å²) in [5, 5.41) is 12.2. The summed E-state index contributed by atoms with van der Waals surface area (Å²) in [5.74, 6) is -1.22. The van der Waals surface area contributed by atoms with Gasteiger partial charge in [-0.3, -0.25) is 14.5 Å². The van der Waals surface area contributed by atoms with Gasteiger partial charge in [-0.15, -0.1) is 0 Å². The fourth-order valence-corrected chi connectivity index (χ4v) is 5.50. The lowest BCUT2D eigenvalue weighted by atomic mass is 9.94. The van der Waals surface area contributed by atoms with E-state index in [9.17, 15) is 14.7 Å². The number of ether oxygens (including phenoxy) is 1. The Bertz CT molecular complexity index is 1510. The van der Waals surface area contributed by atoms with Crippen LogP contribution >= 0.6 is 22.9 Å². The van der Waals surface area contributed by atoms with Crippen LogP contribution in [0.4, 0.5) is 5.13 Å². The molecule has 1 atom stereocenters. The number of aromatic nitrogens is 1. The normalized spacial score (nSPS) is 17.3. The van der Waals surface area contributed by atoms with Gasteiger partial charge in [0.15, 0.2) is 5.13 Å². The third-order valence-electron chi connectivity index (χ3n) is 5.77. The summed E-state index contributed by atoms with van der Waals surface area (Å²) in [6.45, 7) is 4.25. The van der Waals surface area contributed by atoms with Gasteiger partial charge in [0.25, 0.3) is 5.78 Å². The average molecular weight is 505 g/mol. The minimum atomic E-state index is -0.846. The van der Waals surface area contributed by atoms with Gasteiger partial charge in [-0.25, -0.2) is 4.98 Å². The second-order valence-electron chi connectivity index (χ2n) is 8.15. The van der Waals surface area contributed by atoms with E-state index in [1.54, 1.807) is 42.5 Å². The lowest BCUT2D eigenvalue weighted by Gasteiger charge is -2.23. The molecule has 2 heterocycles. The number of carbonyl (C=O) groups excluding carboxylic acids is 2. The summed E-state index contributed by atoms with van der Waals surface area (Å²) in [5.41, 5.74) is 2.73. The molecule has 1 aliphatic heterocycles. The van der Waals surface area contributed by atoms with Crippen molar-refractivity contribution in [1.82, 2.24) is 4.98 Å². The number of carbonyl (C=O) groups is 2. The predicted octanol–water partition coefficient (Wildman–Crippen LogP) is 6.28. The van der Waals surface area contributed by atoms with Crippen LogP contribution in [0.15, 0.2) is 72.3 Å². The van der Waals surface area contributed by atoms with Gasteiger partial charge in [0.2, 0.25) is 0 Å². The van der Waals surface area contributed by atoms with Crippen molar-refractivity contribution in [2.45, 2.75) is 19.9 Å². The van der Waals surface area contributed by atoms with Crippen LogP contribution in [0.25, 0.3) is 16.0 Å².